The summed E-state index contributed by atoms with van der Waals surface area (Å²) in [5.41, 5.74) is 8.62. The Hall–Kier alpha value is -1.33. The second-order valence-electron chi connectivity index (χ2n) is 3.89. The molecule has 0 fully saturated rings. The smallest absolute Gasteiger partial charge is 0.119 e. The molecule has 2 rings (SSSR count). The average molecular weight is 310 g/mol. The zero-order valence-electron chi connectivity index (χ0n) is 10.5. The quantitative estimate of drug-likeness (QED) is 0.944. The monoisotopic (exact) mass is 309 g/mol. The van der Waals surface area contributed by atoms with Gasteiger partial charge in [-0.2, -0.15) is 5.10 Å². The van der Waals surface area contributed by atoms with Gasteiger partial charge in [0, 0.05) is 19.2 Å². The van der Waals surface area contributed by atoms with Gasteiger partial charge in [-0.3, -0.25) is 4.68 Å². The Morgan fingerprint density at radius 3 is 2.50 bits per heavy atom. The molecule has 0 aliphatic rings. The molecule has 2 aromatic rings. The SMILES string of the molecule is CCOc1ccc(-c2c(Br)c(CN)nn2C)cc1. The van der Waals surface area contributed by atoms with Crippen LogP contribution in [-0.2, 0) is 13.6 Å². The number of aryl methyl sites for hydroxylation is 1. The van der Waals surface area contributed by atoms with Gasteiger partial charge in [-0.15, -0.1) is 0 Å². The number of benzene rings is 1. The van der Waals surface area contributed by atoms with Crippen LogP contribution in [0, 0.1) is 0 Å². The van der Waals surface area contributed by atoms with E-state index in [0.717, 1.165) is 27.2 Å². The third-order valence-corrected chi connectivity index (χ3v) is 3.52. The van der Waals surface area contributed by atoms with Gasteiger partial charge in [-0.1, -0.05) is 0 Å². The fourth-order valence-corrected chi connectivity index (χ4v) is 2.60. The zero-order chi connectivity index (χ0) is 13.1. The van der Waals surface area contributed by atoms with Gasteiger partial charge >= 0.3 is 0 Å². The topological polar surface area (TPSA) is 53.1 Å². The molecular formula is C13H16BrN3O. The van der Waals surface area contributed by atoms with Crippen LogP contribution >= 0.6 is 15.9 Å². The summed E-state index contributed by atoms with van der Waals surface area (Å²) in [6.45, 7) is 3.07. The highest BCUT2D eigenvalue weighted by atomic mass is 79.9. The molecule has 0 unspecified atom stereocenters. The van der Waals surface area contributed by atoms with Crippen molar-refractivity contribution in [1.82, 2.24) is 9.78 Å². The maximum atomic E-state index is 5.65. The van der Waals surface area contributed by atoms with Crippen LogP contribution in [0.3, 0.4) is 0 Å². The molecule has 0 saturated heterocycles. The lowest BCUT2D eigenvalue weighted by molar-refractivity contribution is 0.340. The van der Waals surface area contributed by atoms with Crippen molar-refractivity contribution >= 4 is 15.9 Å². The van der Waals surface area contributed by atoms with Crippen LogP contribution in [-0.4, -0.2) is 16.4 Å². The highest BCUT2D eigenvalue weighted by molar-refractivity contribution is 9.10. The first-order valence-electron chi connectivity index (χ1n) is 5.82. The molecule has 0 atom stereocenters. The summed E-state index contributed by atoms with van der Waals surface area (Å²) < 4.78 is 8.22. The summed E-state index contributed by atoms with van der Waals surface area (Å²) >= 11 is 3.55. The van der Waals surface area contributed by atoms with E-state index < -0.39 is 0 Å². The maximum absolute atomic E-state index is 5.65. The van der Waals surface area contributed by atoms with Gasteiger partial charge in [0.25, 0.3) is 0 Å². The maximum Gasteiger partial charge on any atom is 0.119 e. The van der Waals surface area contributed by atoms with Gasteiger partial charge < -0.3 is 10.5 Å². The molecule has 1 heterocycles. The number of nitrogens with two attached hydrogens (primary N) is 1. The van der Waals surface area contributed by atoms with Crippen LogP contribution in [0.1, 0.15) is 12.6 Å². The number of rotatable bonds is 4. The van der Waals surface area contributed by atoms with Gasteiger partial charge in [0.15, 0.2) is 0 Å². The molecule has 5 heteroatoms. The van der Waals surface area contributed by atoms with Crippen LogP contribution in [0.4, 0.5) is 0 Å². The van der Waals surface area contributed by atoms with Crippen LogP contribution in [0.5, 0.6) is 5.75 Å². The minimum atomic E-state index is 0.422. The number of hydrogen-bond acceptors (Lipinski definition) is 3. The predicted octanol–water partition coefficient (Wildman–Crippen LogP) is 2.71. The summed E-state index contributed by atoms with van der Waals surface area (Å²) in [6.07, 6.45) is 0. The molecule has 1 aromatic heterocycles. The Balaban J connectivity index is 2.39. The van der Waals surface area contributed by atoms with Crippen molar-refractivity contribution in [1.29, 1.82) is 0 Å². The Bertz CT molecular complexity index is 534. The van der Waals surface area contributed by atoms with E-state index in [0.29, 0.717) is 13.2 Å². The summed E-state index contributed by atoms with van der Waals surface area (Å²) in [6, 6.07) is 7.96. The lowest BCUT2D eigenvalue weighted by Crippen LogP contribution is -1.99. The molecular weight excluding hydrogens is 294 g/mol. The minimum Gasteiger partial charge on any atom is -0.494 e. The molecule has 0 saturated carbocycles. The van der Waals surface area contributed by atoms with Crippen LogP contribution in [0.2, 0.25) is 0 Å². The number of aromatic nitrogens is 2. The molecule has 4 nitrogen and oxygen atoms in total. The second-order valence-corrected chi connectivity index (χ2v) is 4.69. The van der Waals surface area contributed by atoms with Gasteiger partial charge in [0.1, 0.15) is 5.75 Å². The molecule has 0 amide bonds. The Kier molecular flexibility index (Phi) is 4.04. The van der Waals surface area contributed by atoms with Crippen LogP contribution in [0.25, 0.3) is 11.3 Å². The number of ether oxygens (including phenoxy) is 1. The molecule has 2 N–H and O–H groups in total. The van der Waals surface area contributed by atoms with Gasteiger partial charge in [-0.25, -0.2) is 0 Å². The van der Waals surface area contributed by atoms with E-state index in [9.17, 15) is 0 Å². The second kappa shape index (κ2) is 5.54. The number of nitrogens with zero attached hydrogens (tertiary/aromatic N) is 2. The summed E-state index contributed by atoms with van der Waals surface area (Å²) in [5.74, 6) is 0.874. The summed E-state index contributed by atoms with van der Waals surface area (Å²) in [5, 5.41) is 4.38. The summed E-state index contributed by atoms with van der Waals surface area (Å²) in [7, 11) is 1.91. The molecule has 0 aliphatic carbocycles. The van der Waals surface area contributed by atoms with Gasteiger partial charge in [0.2, 0.25) is 0 Å². The third-order valence-electron chi connectivity index (χ3n) is 2.69. The van der Waals surface area contributed by atoms with Gasteiger partial charge in [0.05, 0.1) is 22.5 Å². The first-order chi connectivity index (χ1) is 8.67. The first kappa shape index (κ1) is 13.1. The fourth-order valence-electron chi connectivity index (χ4n) is 1.87. The lowest BCUT2D eigenvalue weighted by Gasteiger charge is -2.06. The van der Waals surface area contributed by atoms with Crippen LogP contribution in [0.15, 0.2) is 28.7 Å². The van der Waals surface area contributed by atoms with Crippen molar-refractivity contribution in [3.8, 4) is 17.0 Å². The minimum absolute atomic E-state index is 0.422. The van der Waals surface area contributed by atoms with Crippen molar-refractivity contribution in [2.75, 3.05) is 6.61 Å². The van der Waals surface area contributed by atoms with Crippen molar-refractivity contribution in [3.63, 3.8) is 0 Å². The largest absolute Gasteiger partial charge is 0.494 e. The molecule has 1 aromatic carbocycles. The predicted molar refractivity (Wildman–Crippen MR) is 75.4 cm³/mol. The van der Waals surface area contributed by atoms with E-state index in [1.165, 1.54) is 0 Å². The molecule has 0 spiro atoms. The van der Waals surface area contributed by atoms with E-state index in [1.807, 2.05) is 42.9 Å². The highest BCUT2D eigenvalue weighted by Crippen LogP contribution is 2.31. The molecule has 18 heavy (non-hydrogen) atoms. The van der Waals surface area contributed by atoms with E-state index in [4.69, 9.17) is 10.5 Å². The third kappa shape index (κ3) is 2.42. The Labute approximate surface area is 115 Å². The lowest BCUT2D eigenvalue weighted by atomic mass is 10.1. The highest BCUT2D eigenvalue weighted by Gasteiger charge is 2.14. The average Bonchev–Trinajstić information content (AvgIpc) is 2.66. The van der Waals surface area contributed by atoms with Gasteiger partial charge in [-0.05, 0) is 47.1 Å². The first-order valence-corrected chi connectivity index (χ1v) is 6.61. The normalized spacial score (nSPS) is 10.7. The Morgan fingerprint density at radius 1 is 1.33 bits per heavy atom. The number of hydrogen-bond donors (Lipinski definition) is 1. The van der Waals surface area contributed by atoms with Crippen LogP contribution < -0.4 is 10.5 Å². The van der Waals surface area contributed by atoms with Crippen molar-refractivity contribution in [3.05, 3.63) is 34.4 Å². The Morgan fingerprint density at radius 2 is 2.00 bits per heavy atom. The van der Waals surface area contributed by atoms with E-state index in [2.05, 4.69) is 21.0 Å². The van der Waals surface area contributed by atoms with Crippen molar-refractivity contribution < 1.29 is 4.74 Å². The van der Waals surface area contributed by atoms with Crippen molar-refractivity contribution in [2.24, 2.45) is 12.8 Å². The standard InChI is InChI=1S/C13H16BrN3O/c1-3-18-10-6-4-9(5-7-10)13-12(14)11(8-15)16-17(13)2/h4-7H,3,8,15H2,1-2H3. The summed E-state index contributed by atoms with van der Waals surface area (Å²) in [4.78, 5) is 0. The van der Waals surface area contributed by atoms with Crippen molar-refractivity contribution in [2.45, 2.75) is 13.5 Å². The van der Waals surface area contributed by atoms with E-state index in [-0.39, 0.29) is 0 Å². The molecule has 0 aliphatic heterocycles. The van der Waals surface area contributed by atoms with E-state index in [1.54, 1.807) is 0 Å². The zero-order valence-corrected chi connectivity index (χ0v) is 12.1. The van der Waals surface area contributed by atoms with E-state index >= 15 is 0 Å². The fraction of sp³-hybridized carbons (Fsp3) is 0.308. The molecule has 0 bridgehead atoms. The molecule has 0 radical (unpaired) electrons. The molecule has 96 valence electrons. The number of halogens is 1.